The molecule has 432 valence electrons. The van der Waals surface area contributed by atoms with Gasteiger partial charge in [0.2, 0.25) is 0 Å². The lowest BCUT2D eigenvalue weighted by atomic mass is 10.0. The Morgan fingerprint density at radius 3 is 0.829 bits per heavy atom. The number of hydrogen-bond donors (Lipinski definition) is 0. The molecular formula is C70H116O6. The van der Waals surface area contributed by atoms with Crippen LogP contribution in [0.4, 0.5) is 0 Å². The van der Waals surface area contributed by atoms with E-state index in [4.69, 9.17) is 14.2 Å². The van der Waals surface area contributed by atoms with E-state index in [2.05, 4.69) is 142 Å². The quantitative estimate of drug-likeness (QED) is 0.0261. The average Bonchev–Trinajstić information content (AvgIpc) is 3.42. The Labute approximate surface area is 469 Å². The summed E-state index contributed by atoms with van der Waals surface area (Å²) in [6, 6.07) is 0. The van der Waals surface area contributed by atoms with Crippen molar-refractivity contribution in [3.8, 4) is 0 Å². The molecule has 1 unspecified atom stereocenters. The van der Waals surface area contributed by atoms with Gasteiger partial charge in [-0.3, -0.25) is 14.4 Å². The highest BCUT2D eigenvalue weighted by molar-refractivity contribution is 5.71. The van der Waals surface area contributed by atoms with E-state index in [1.54, 1.807) is 0 Å². The second kappa shape index (κ2) is 63.3. The number of hydrogen-bond acceptors (Lipinski definition) is 6. The predicted octanol–water partition coefficient (Wildman–Crippen LogP) is 21.6. The minimum atomic E-state index is -0.797. The molecule has 0 heterocycles. The molecule has 6 nitrogen and oxygen atoms in total. The van der Waals surface area contributed by atoms with E-state index in [1.807, 2.05) is 0 Å². The molecule has 6 heteroatoms. The lowest BCUT2D eigenvalue weighted by molar-refractivity contribution is -0.167. The number of ether oxygens (including phenoxy) is 3. The van der Waals surface area contributed by atoms with Gasteiger partial charge in [-0.25, -0.2) is 0 Å². The molecule has 0 spiro atoms. The van der Waals surface area contributed by atoms with Crippen molar-refractivity contribution in [2.24, 2.45) is 0 Å². The molecule has 76 heavy (non-hydrogen) atoms. The first kappa shape index (κ1) is 71.8. The normalized spacial score (nSPS) is 12.9. The van der Waals surface area contributed by atoms with E-state index < -0.39 is 6.10 Å². The third-order valence-corrected chi connectivity index (χ3v) is 13.2. The fourth-order valence-corrected chi connectivity index (χ4v) is 8.49. The summed E-state index contributed by atoms with van der Waals surface area (Å²) in [5, 5.41) is 0. The fraction of sp³-hybridized carbons (Fsp3) is 0.671. The monoisotopic (exact) mass is 1050 g/mol. The first-order valence-electron chi connectivity index (χ1n) is 31.5. The van der Waals surface area contributed by atoms with E-state index in [-0.39, 0.29) is 31.1 Å². The second-order valence-corrected chi connectivity index (χ2v) is 20.6. The number of rotatable bonds is 56. The summed E-state index contributed by atoms with van der Waals surface area (Å²) in [7, 11) is 0. The van der Waals surface area contributed by atoms with Crippen LogP contribution in [0.25, 0.3) is 0 Å². The lowest BCUT2D eigenvalue weighted by Gasteiger charge is -2.18. The number of allylic oxidation sites excluding steroid dienone is 20. The highest BCUT2D eigenvalue weighted by atomic mass is 16.6. The highest BCUT2D eigenvalue weighted by Crippen LogP contribution is 2.15. The van der Waals surface area contributed by atoms with E-state index >= 15 is 0 Å². The summed E-state index contributed by atoms with van der Waals surface area (Å²) in [5.74, 6) is -0.931. The van der Waals surface area contributed by atoms with Crippen LogP contribution in [-0.4, -0.2) is 37.2 Å². The molecule has 0 bridgehead atoms. The summed E-state index contributed by atoms with van der Waals surface area (Å²) in [6.07, 6.45) is 87.7. The summed E-state index contributed by atoms with van der Waals surface area (Å²) in [5.41, 5.74) is 0. The molecule has 0 aromatic carbocycles. The van der Waals surface area contributed by atoms with Crippen molar-refractivity contribution in [1.29, 1.82) is 0 Å². The summed E-state index contributed by atoms with van der Waals surface area (Å²) < 4.78 is 16.9. The summed E-state index contributed by atoms with van der Waals surface area (Å²) in [4.78, 5) is 38.2. The van der Waals surface area contributed by atoms with Crippen LogP contribution in [0.1, 0.15) is 284 Å². The molecule has 0 rings (SSSR count). The fourth-order valence-electron chi connectivity index (χ4n) is 8.49. The van der Waals surface area contributed by atoms with Crippen molar-refractivity contribution in [1.82, 2.24) is 0 Å². The zero-order valence-electron chi connectivity index (χ0n) is 49.5. The Kier molecular flexibility index (Phi) is 59.9. The molecule has 0 aliphatic carbocycles. The third kappa shape index (κ3) is 60.7. The molecule has 0 aromatic heterocycles. The van der Waals surface area contributed by atoms with E-state index in [9.17, 15) is 14.4 Å². The lowest BCUT2D eigenvalue weighted by Crippen LogP contribution is -2.30. The summed E-state index contributed by atoms with van der Waals surface area (Å²) >= 11 is 0. The van der Waals surface area contributed by atoms with Gasteiger partial charge in [0.05, 0.1) is 0 Å². The van der Waals surface area contributed by atoms with Crippen LogP contribution in [0.15, 0.2) is 122 Å². The number of carbonyl (C=O) groups excluding carboxylic acids is 3. The first-order chi connectivity index (χ1) is 37.5. The number of unbranched alkanes of at least 4 members (excludes halogenated alkanes) is 25. The largest absolute Gasteiger partial charge is 0.462 e. The molecule has 0 aromatic rings. The van der Waals surface area contributed by atoms with Crippen LogP contribution in [0, 0.1) is 0 Å². The van der Waals surface area contributed by atoms with Crippen LogP contribution in [0.2, 0.25) is 0 Å². The van der Waals surface area contributed by atoms with Gasteiger partial charge in [-0.15, -0.1) is 0 Å². The smallest absolute Gasteiger partial charge is 0.306 e. The SMILES string of the molecule is CC/C=C\C/C=C\C/C=C\C/C=C\C/C=C\C/C=C\C/C=C\C/C=C\C/C=C\CCCCCC(=O)OCC(COC(=O)CCCCCCCCCCCCCCC)OC(=O)CCCCCCC/C=C\CCCCCCC. The first-order valence-corrected chi connectivity index (χ1v) is 31.5. The van der Waals surface area contributed by atoms with Crippen molar-refractivity contribution < 1.29 is 28.6 Å². The molecule has 0 aliphatic heterocycles. The topological polar surface area (TPSA) is 78.9 Å². The van der Waals surface area contributed by atoms with Crippen molar-refractivity contribution in [2.45, 2.75) is 290 Å². The molecular weight excluding hydrogens is 937 g/mol. The molecule has 0 N–H and O–H groups in total. The minimum absolute atomic E-state index is 0.0914. The Bertz CT molecular complexity index is 1590. The van der Waals surface area contributed by atoms with Gasteiger partial charge in [0.1, 0.15) is 13.2 Å². The zero-order valence-corrected chi connectivity index (χ0v) is 49.5. The second-order valence-electron chi connectivity index (χ2n) is 20.6. The van der Waals surface area contributed by atoms with Crippen LogP contribution in [0.5, 0.6) is 0 Å². The number of esters is 3. The molecule has 0 fully saturated rings. The standard InChI is InChI=1S/C70H116O6/c1-4-7-10-13-16-19-22-25-27-28-29-30-31-32-33-34-35-36-37-38-39-40-41-42-43-46-48-51-54-57-60-63-69(72)75-66-67(65-74-68(71)62-59-56-53-50-47-44-24-21-18-15-12-9-6-3)76-70(73)64-61-58-55-52-49-45-26-23-20-17-14-11-8-5-2/h7,10,16,19,23,25-27,29-30,32-33,35-36,38-39,41-42,46,48,67H,4-6,8-9,11-15,17-18,20-22,24,28,31,34,37,40,43-45,47,49-66H2,1-3H3/b10-7-,19-16-,26-23-,27-25-,30-29-,33-32-,36-35-,39-38-,42-41-,48-46-. The Morgan fingerprint density at radius 1 is 0.276 bits per heavy atom. The van der Waals surface area contributed by atoms with Gasteiger partial charge in [0, 0.05) is 19.3 Å². The molecule has 0 saturated heterocycles. The molecule has 0 radical (unpaired) electrons. The van der Waals surface area contributed by atoms with Gasteiger partial charge in [-0.05, 0) is 116 Å². The maximum Gasteiger partial charge on any atom is 0.306 e. The maximum absolute atomic E-state index is 12.9. The van der Waals surface area contributed by atoms with Gasteiger partial charge in [0.25, 0.3) is 0 Å². The van der Waals surface area contributed by atoms with Gasteiger partial charge < -0.3 is 14.2 Å². The average molecular weight is 1050 g/mol. The molecule has 1 atom stereocenters. The highest BCUT2D eigenvalue weighted by Gasteiger charge is 2.19. The van der Waals surface area contributed by atoms with E-state index in [0.29, 0.717) is 19.3 Å². The van der Waals surface area contributed by atoms with Crippen molar-refractivity contribution >= 4 is 17.9 Å². The Hall–Kier alpha value is -4.19. The van der Waals surface area contributed by atoms with Crippen molar-refractivity contribution in [3.63, 3.8) is 0 Å². The molecule has 0 amide bonds. The summed E-state index contributed by atoms with van der Waals surface area (Å²) in [6.45, 7) is 6.49. The zero-order chi connectivity index (χ0) is 55.0. The van der Waals surface area contributed by atoms with Gasteiger partial charge >= 0.3 is 17.9 Å². The Balaban J connectivity index is 4.36. The van der Waals surface area contributed by atoms with Gasteiger partial charge in [-0.1, -0.05) is 271 Å². The van der Waals surface area contributed by atoms with E-state index in [1.165, 1.54) is 109 Å². The predicted molar refractivity (Wildman–Crippen MR) is 330 cm³/mol. The van der Waals surface area contributed by atoms with Crippen LogP contribution < -0.4 is 0 Å². The number of carbonyl (C=O) groups is 3. The maximum atomic E-state index is 12.9. The van der Waals surface area contributed by atoms with Crippen LogP contribution >= 0.6 is 0 Å². The Morgan fingerprint density at radius 2 is 0.513 bits per heavy atom. The third-order valence-electron chi connectivity index (χ3n) is 13.2. The van der Waals surface area contributed by atoms with Crippen molar-refractivity contribution in [2.75, 3.05) is 13.2 Å². The van der Waals surface area contributed by atoms with Crippen LogP contribution in [-0.2, 0) is 28.6 Å². The van der Waals surface area contributed by atoms with Crippen LogP contribution in [0.3, 0.4) is 0 Å². The molecule has 0 saturated carbocycles. The molecule has 0 aliphatic rings. The van der Waals surface area contributed by atoms with Gasteiger partial charge in [-0.2, -0.15) is 0 Å². The minimum Gasteiger partial charge on any atom is -0.462 e. The van der Waals surface area contributed by atoms with Gasteiger partial charge in [0.15, 0.2) is 6.10 Å². The van der Waals surface area contributed by atoms with Crippen molar-refractivity contribution in [3.05, 3.63) is 122 Å². The van der Waals surface area contributed by atoms with E-state index in [0.717, 1.165) is 135 Å².